The smallest absolute Gasteiger partial charge is 0.269 e. The molecule has 2 aliphatic heterocycles. The van der Waals surface area contributed by atoms with Gasteiger partial charge in [0.25, 0.3) is 11.8 Å². The first-order valence-corrected chi connectivity index (χ1v) is 10.3. The zero-order chi connectivity index (χ0) is 21.2. The second kappa shape index (κ2) is 8.04. The summed E-state index contributed by atoms with van der Waals surface area (Å²) in [6.45, 7) is 0. The molecule has 2 aromatic heterocycles. The summed E-state index contributed by atoms with van der Waals surface area (Å²) in [5.41, 5.74) is 7.36. The van der Waals surface area contributed by atoms with E-state index in [0.717, 1.165) is 15.8 Å². The minimum atomic E-state index is -0.484. The Morgan fingerprint density at radius 1 is 0.903 bits per heavy atom. The summed E-state index contributed by atoms with van der Waals surface area (Å²) in [5.74, 6) is -0.900. The number of fused-ring (bicyclic) bond motifs is 3. The first kappa shape index (κ1) is 19.0. The van der Waals surface area contributed by atoms with E-state index in [1.807, 2.05) is 47.4 Å². The minimum absolute atomic E-state index is 0.370. The van der Waals surface area contributed by atoms with Gasteiger partial charge >= 0.3 is 0 Å². The fourth-order valence-electron chi connectivity index (χ4n) is 3.44. The summed E-state index contributed by atoms with van der Waals surface area (Å²) in [6.07, 6.45) is 6.25. The third-order valence-corrected chi connectivity index (χ3v) is 5.91. The molecule has 4 heterocycles. The maximum atomic E-state index is 13.1. The monoisotopic (exact) mass is 428 g/mol. The summed E-state index contributed by atoms with van der Waals surface area (Å²) in [7, 11) is 0. The van der Waals surface area contributed by atoms with Crippen LogP contribution in [0.15, 0.2) is 94.8 Å². The molecule has 2 N–H and O–H groups in total. The van der Waals surface area contributed by atoms with E-state index < -0.39 is 17.9 Å². The van der Waals surface area contributed by atoms with Crippen molar-refractivity contribution in [2.75, 3.05) is 4.90 Å². The standard InChI is InChI=1S/C22H16N6O2S/c29-20(14-8-11-23-12-9-14)26-27-21(30)15-13-25-22-28(17-6-1-2-7-18(17)31-22)19(15)16-5-3-4-10-24-16/h1-13,19H,(H,26,29)(H,27,30)/t19-/m1/s1. The summed E-state index contributed by atoms with van der Waals surface area (Å²) in [4.78, 5) is 41.3. The number of para-hydroxylation sites is 1. The van der Waals surface area contributed by atoms with Gasteiger partial charge in [0.1, 0.15) is 6.04 Å². The molecule has 0 spiro atoms. The van der Waals surface area contributed by atoms with E-state index in [1.165, 1.54) is 18.6 Å². The molecule has 0 fully saturated rings. The van der Waals surface area contributed by atoms with Crippen molar-refractivity contribution < 1.29 is 9.59 Å². The number of hydrazine groups is 1. The Hall–Kier alpha value is -3.98. The van der Waals surface area contributed by atoms with Gasteiger partial charge in [-0.2, -0.15) is 0 Å². The molecule has 0 aliphatic carbocycles. The van der Waals surface area contributed by atoms with Gasteiger partial charge in [-0.05, 0) is 48.2 Å². The van der Waals surface area contributed by atoms with Crippen molar-refractivity contribution in [2.24, 2.45) is 4.99 Å². The number of nitrogens with one attached hydrogen (secondary N) is 2. The average Bonchev–Trinajstić information content (AvgIpc) is 3.21. The number of nitrogens with zero attached hydrogens (tertiary/aromatic N) is 4. The quantitative estimate of drug-likeness (QED) is 0.623. The molecule has 5 rings (SSSR count). The summed E-state index contributed by atoms with van der Waals surface area (Å²) in [6, 6.07) is 16.1. The van der Waals surface area contributed by atoms with E-state index in [2.05, 4.69) is 25.8 Å². The van der Waals surface area contributed by atoms with E-state index >= 15 is 0 Å². The Bertz CT molecular complexity index is 1210. The third-order valence-electron chi connectivity index (χ3n) is 4.86. The van der Waals surface area contributed by atoms with Gasteiger partial charge in [0.2, 0.25) is 0 Å². The lowest BCUT2D eigenvalue weighted by Crippen LogP contribution is -2.46. The molecule has 2 aliphatic rings. The number of rotatable bonds is 3. The largest absolute Gasteiger partial charge is 0.306 e. The van der Waals surface area contributed by atoms with Crippen molar-refractivity contribution in [3.63, 3.8) is 0 Å². The van der Waals surface area contributed by atoms with Crippen molar-refractivity contribution in [3.05, 3.63) is 96.2 Å². The molecule has 152 valence electrons. The number of anilines is 1. The Kier molecular flexibility index (Phi) is 4.93. The Labute approximate surface area is 182 Å². The number of hydrogen-bond acceptors (Lipinski definition) is 7. The molecule has 2 amide bonds. The number of thioether (sulfide) groups is 1. The Balaban J connectivity index is 1.45. The fraction of sp³-hybridized carbons (Fsp3) is 0.0455. The Morgan fingerprint density at radius 2 is 1.68 bits per heavy atom. The molecule has 0 bridgehead atoms. The van der Waals surface area contributed by atoms with E-state index in [-0.39, 0.29) is 0 Å². The molecule has 0 unspecified atom stereocenters. The van der Waals surface area contributed by atoms with Gasteiger partial charge in [0.15, 0.2) is 5.17 Å². The molecular formula is C22H16N6O2S. The second-order valence-corrected chi connectivity index (χ2v) is 7.75. The van der Waals surface area contributed by atoms with Gasteiger partial charge in [0.05, 0.1) is 17.0 Å². The summed E-state index contributed by atoms with van der Waals surface area (Å²) in [5, 5.41) is 0.772. The van der Waals surface area contributed by atoms with Crippen molar-refractivity contribution in [1.82, 2.24) is 20.8 Å². The highest BCUT2D eigenvalue weighted by Crippen LogP contribution is 2.47. The van der Waals surface area contributed by atoms with Gasteiger partial charge in [-0.1, -0.05) is 18.2 Å². The number of aromatic nitrogens is 2. The maximum Gasteiger partial charge on any atom is 0.269 e. The number of pyridine rings is 2. The van der Waals surface area contributed by atoms with Crippen LogP contribution < -0.4 is 15.8 Å². The zero-order valence-electron chi connectivity index (χ0n) is 16.1. The lowest BCUT2D eigenvalue weighted by atomic mass is 10.00. The molecule has 1 aromatic carbocycles. The lowest BCUT2D eigenvalue weighted by Gasteiger charge is -2.32. The highest BCUT2D eigenvalue weighted by Gasteiger charge is 2.40. The number of hydrogen-bond donors (Lipinski definition) is 2. The first-order valence-electron chi connectivity index (χ1n) is 9.48. The highest BCUT2D eigenvalue weighted by molar-refractivity contribution is 8.14. The van der Waals surface area contributed by atoms with E-state index in [1.54, 1.807) is 30.1 Å². The second-order valence-electron chi connectivity index (χ2n) is 6.74. The zero-order valence-corrected chi connectivity index (χ0v) is 16.9. The molecule has 0 radical (unpaired) electrons. The molecule has 0 saturated carbocycles. The van der Waals surface area contributed by atoms with Crippen LogP contribution >= 0.6 is 11.8 Å². The number of amidine groups is 1. The van der Waals surface area contributed by atoms with Crippen molar-refractivity contribution in [3.8, 4) is 0 Å². The van der Waals surface area contributed by atoms with Gasteiger partial charge in [-0.25, -0.2) is 4.99 Å². The molecule has 3 aromatic rings. The average molecular weight is 428 g/mol. The van der Waals surface area contributed by atoms with Crippen LogP contribution in [0.2, 0.25) is 0 Å². The fourth-order valence-corrected chi connectivity index (χ4v) is 4.46. The van der Waals surface area contributed by atoms with Crippen LogP contribution in [0.5, 0.6) is 0 Å². The van der Waals surface area contributed by atoms with Crippen LogP contribution in [0.4, 0.5) is 5.69 Å². The van der Waals surface area contributed by atoms with Gasteiger partial charge in [0, 0.05) is 35.2 Å². The molecule has 0 saturated heterocycles. The molecule has 8 nitrogen and oxygen atoms in total. The van der Waals surface area contributed by atoms with Crippen LogP contribution in [0.1, 0.15) is 22.1 Å². The highest BCUT2D eigenvalue weighted by atomic mass is 32.2. The van der Waals surface area contributed by atoms with Crippen molar-refractivity contribution in [2.45, 2.75) is 10.9 Å². The SMILES string of the molecule is O=C(NNC(=O)c1ccncc1)C1=CN=C2Sc3ccccc3N2[C@H]1c1ccccn1. The van der Waals surface area contributed by atoms with Crippen LogP contribution in [0, 0.1) is 0 Å². The van der Waals surface area contributed by atoms with E-state index in [0.29, 0.717) is 16.8 Å². The first-order chi connectivity index (χ1) is 15.2. The van der Waals surface area contributed by atoms with Crippen molar-refractivity contribution >= 4 is 34.4 Å². The maximum absolute atomic E-state index is 13.1. The minimum Gasteiger partial charge on any atom is -0.306 e. The van der Waals surface area contributed by atoms with Crippen LogP contribution in [0.25, 0.3) is 0 Å². The summed E-state index contributed by atoms with van der Waals surface area (Å²) >= 11 is 1.54. The van der Waals surface area contributed by atoms with Crippen molar-refractivity contribution in [1.29, 1.82) is 0 Å². The number of aliphatic imine (C=N–C) groups is 1. The molecule has 31 heavy (non-hydrogen) atoms. The third kappa shape index (κ3) is 3.55. The van der Waals surface area contributed by atoms with Gasteiger partial charge in [-0.3, -0.25) is 30.4 Å². The Morgan fingerprint density at radius 3 is 2.48 bits per heavy atom. The normalized spacial score (nSPS) is 16.5. The van der Waals surface area contributed by atoms with E-state index in [4.69, 9.17) is 0 Å². The number of benzene rings is 1. The van der Waals surface area contributed by atoms with Crippen LogP contribution in [0.3, 0.4) is 0 Å². The number of carbonyl (C=O) groups excluding carboxylic acids is 2. The predicted molar refractivity (Wildman–Crippen MR) is 117 cm³/mol. The topological polar surface area (TPSA) is 99.6 Å². The van der Waals surface area contributed by atoms with Gasteiger partial charge < -0.3 is 4.90 Å². The number of carbonyl (C=O) groups is 2. The van der Waals surface area contributed by atoms with Gasteiger partial charge in [-0.15, -0.1) is 0 Å². The molecule has 1 atom stereocenters. The van der Waals surface area contributed by atoms with Crippen LogP contribution in [-0.2, 0) is 4.79 Å². The molecule has 9 heteroatoms. The lowest BCUT2D eigenvalue weighted by molar-refractivity contribution is -0.118. The summed E-state index contributed by atoms with van der Waals surface area (Å²) < 4.78 is 0. The molecular weight excluding hydrogens is 412 g/mol. The predicted octanol–water partition coefficient (Wildman–Crippen LogP) is 2.84. The van der Waals surface area contributed by atoms with Crippen LogP contribution in [-0.4, -0.2) is 26.9 Å². The van der Waals surface area contributed by atoms with E-state index in [9.17, 15) is 9.59 Å². The number of amides is 2.